The quantitative estimate of drug-likeness (QED) is 0.602. The van der Waals surface area contributed by atoms with E-state index in [1.165, 1.54) is 0 Å². The summed E-state index contributed by atoms with van der Waals surface area (Å²) in [6.07, 6.45) is 3.61. The molecular weight excluding hydrogens is 204 g/mol. The van der Waals surface area contributed by atoms with Gasteiger partial charge < -0.3 is 0 Å². The Morgan fingerprint density at radius 1 is 1.71 bits per heavy atom. The van der Waals surface area contributed by atoms with Gasteiger partial charge in [0.05, 0.1) is 0 Å². The predicted molar refractivity (Wildman–Crippen MR) is 27.6 cm³/mol. The SMILES string of the molecule is [Te]=c1nccc[nH]1. The molecule has 0 amide bonds. The molecule has 0 aliphatic carbocycles. The molecule has 3 heteroatoms. The molecule has 0 atom stereocenters. The van der Waals surface area contributed by atoms with Gasteiger partial charge in [0.15, 0.2) is 0 Å². The first-order chi connectivity index (χ1) is 3.39. The number of aromatic nitrogens is 2. The van der Waals surface area contributed by atoms with Crippen molar-refractivity contribution in [2.45, 2.75) is 0 Å². The van der Waals surface area contributed by atoms with E-state index >= 15 is 0 Å². The fraction of sp³-hybridized carbons (Fsp3) is 0. The Bertz CT molecular complexity index is 175. The van der Waals surface area contributed by atoms with Crippen LogP contribution in [-0.2, 0) is 0 Å². The molecule has 0 saturated carbocycles. The van der Waals surface area contributed by atoms with Crippen molar-refractivity contribution in [3.05, 3.63) is 21.9 Å². The third kappa shape index (κ3) is 1.42. The van der Waals surface area contributed by atoms with Gasteiger partial charge in [0.2, 0.25) is 0 Å². The summed E-state index contributed by atoms with van der Waals surface area (Å²) in [5.74, 6) is 0. The summed E-state index contributed by atoms with van der Waals surface area (Å²) in [6.45, 7) is 0. The van der Waals surface area contributed by atoms with Crippen molar-refractivity contribution in [2.24, 2.45) is 0 Å². The van der Waals surface area contributed by atoms with Crippen molar-refractivity contribution >= 4 is 21.8 Å². The summed E-state index contributed by atoms with van der Waals surface area (Å²) in [4.78, 5) is 6.85. The van der Waals surface area contributed by atoms with Crippen molar-refractivity contribution in [1.29, 1.82) is 0 Å². The molecule has 7 heavy (non-hydrogen) atoms. The molecule has 0 aromatic carbocycles. The van der Waals surface area contributed by atoms with Crippen molar-refractivity contribution in [3.63, 3.8) is 0 Å². The summed E-state index contributed by atoms with van der Waals surface area (Å²) in [5, 5.41) is 0. The fourth-order valence-corrected chi connectivity index (χ4v) is 0.678. The molecule has 0 radical (unpaired) electrons. The van der Waals surface area contributed by atoms with Gasteiger partial charge in [-0.15, -0.1) is 0 Å². The Balaban J connectivity index is 3.28. The second-order valence-electron chi connectivity index (χ2n) is 1.09. The monoisotopic (exact) mass is 210 g/mol. The third-order valence-corrected chi connectivity index (χ3v) is 1.22. The Morgan fingerprint density at radius 3 is 2.86 bits per heavy atom. The molecule has 0 aliphatic rings. The van der Waals surface area contributed by atoms with Crippen LogP contribution in [0.2, 0.25) is 0 Å². The molecule has 2 nitrogen and oxygen atoms in total. The standard InChI is InChI=1S/C4H4N2Te/c7-4-5-2-1-3-6-4/h1-3H,(H,5,6,7). The Kier molecular flexibility index (Phi) is 1.61. The van der Waals surface area contributed by atoms with Crippen LogP contribution in [0.25, 0.3) is 0 Å². The van der Waals surface area contributed by atoms with Crippen LogP contribution in [0.4, 0.5) is 0 Å². The summed E-state index contributed by atoms with van der Waals surface area (Å²) in [5.41, 5.74) is 0. The Labute approximate surface area is 54.0 Å². The van der Waals surface area contributed by atoms with E-state index < -0.39 is 0 Å². The summed E-state index contributed by atoms with van der Waals surface area (Å²) >= 11 is 1.85. The first-order valence-electron chi connectivity index (χ1n) is 1.89. The number of hydrogen-bond donors (Lipinski definition) is 1. The van der Waals surface area contributed by atoms with Crippen LogP contribution in [0.3, 0.4) is 0 Å². The molecule has 0 fully saturated rings. The van der Waals surface area contributed by atoms with E-state index in [1.54, 1.807) is 6.20 Å². The summed E-state index contributed by atoms with van der Waals surface area (Å²) in [7, 11) is 0. The molecule has 36 valence electrons. The molecule has 1 heterocycles. The zero-order valence-electron chi connectivity index (χ0n) is 3.59. The van der Waals surface area contributed by atoms with Gasteiger partial charge in [-0.25, -0.2) is 0 Å². The van der Waals surface area contributed by atoms with Gasteiger partial charge in [-0.2, -0.15) is 0 Å². The number of nitrogens with one attached hydrogen (secondary N) is 1. The number of hydrogen-bond acceptors (Lipinski definition) is 1. The number of nitrogens with zero attached hydrogens (tertiary/aromatic N) is 1. The molecule has 0 spiro atoms. The van der Waals surface area contributed by atoms with E-state index in [0.717, 1.165) is 3.46 Å². The first-order valence-corrected chi connectivity index (χ1v) is 3.06. The van der Waals surface area contributed by atoms with Crippen molar-refractivity contribution in [1.82, 2.24) is 9.97 Å². The fourth-order valence-electron chi connectivity index (χ4n) is 0.310. The topological polar surface area (TPSA) is 28.7 Å². The van der Waals surface area contributed by atoms with Crippen LogP contribution in [0.15, 0.2) is 18.5 Å². The van der Waals surface area contributed by atoms with Gasteiger partial charge in [0, 0.05) is 0 Å². The number of rotatable bonds is 0. The van der Waals surface area contributed by atoms with E-state index in [4.69, 9.17) is 0 Å². The Hall–Kier alpha value is -0.130. The summed E-state index contributed by atoms with van der Waals surface area (Å²) in [6, 6.07) is 1.86. The average molecular weight is 208 g/mol. The van der Waals surface area contributed by atoms with E-state index in [9.17, 15) is 0 Å². The van der Waals surface area contributed by atoms with Crippen LogP contribution in [0.5, 0.6) is 0 Å². The van der Waals surface area contributed by atoms with Gasteiger partial charge in [-0.3, -0.25) is 0 Å². The van der Waals surface area contributed by atoms with Crippen LogP contribution in [0.1, 0.15) is 0 Å². The van der Waals surface area contributed by atoms with Gasteiger partial charge >= 0.3 is 53.7 Å². The first kappa shape index (κ1) is 5.02. The molecule has 1 N–H and O–H groups in total. The maximum absolute atomic E-state index is 3.93. The minimum absolute atomic E-state index is 0.957. The van der Waals surface area contributed by atoms with Crippen LogP contribution in [-0.4, -0.2) is 31.8 Å². The van der Waals surface area contributed by atoms with Gasteiger partial charge in [-0.05, 0) is 0 Å². The van der Waals surface area contributed by atoms with E-state index in [0.29, 0.717) is 0 Å². The van der Waals surface area contributed by atoms with Gasteiger partial charge in [-0.1, -0.05) is 0 Å². The van der Waals surface area contributed by atoms with Crippen LogP contribution < -0.4 is 0 Å². The summed E-state index contributed by atoms with van der Waals surface area (Å²) < 4.78 is 0.957. The molecule has 0 aliphatic heterocycles. The molecular formula is C4H4N2Te. The third-order valence-electron chi connectivity index (χ3n) is 0.581. The van der Waals surface area contributed by atoms with E-state index in [2.05, 4.69) is 9.97 Å². The molecule has 1 aromatic heterocycles. The second kappa shape index (κ2) is 2.25. The van der Waals surface area contributed by atoms with Crippen LogP contribution >= 0.6 is 0 Å². The zero-order chi connectivity index (χ0) is 5.11. The predicted octanol–water partition coefficient (Wildman–Crippen LogP) is 0.110. The molecule has 1 rings (SSSR count). The van der Waals surface area contributed by atoms with Crippen LogP contribution in [0, 0.1) is 3.46 Å². The van der Waals surface area contributed by atoms with Crippen molar-refractivity contribution in [2.75, 3.05) is 0 Å². The van der Waals surface area contributed by atoms with E-state index in [-0.39, 0.29) is 0 Å². The Morgan fingerprint density at radius 2 is 2.57 bits per heavy atom. The molecule has 0 bridgehead atoms. The molecule has 0 saturated heterocycles. The average Bonchev–Trinajstić information content (AvgIpc) is 1.69. The van der Waals surface area contributed by atoms with E-state index in [1.807, 2.05) is 34.1 Å². The zero-order valence-corrected chi connectivity index (χ0v) is 5.92. The minimum atomic E-state index is 0.957. The van der Waals surface area contributed by atoms with Crippen molar-refractivity contribution in [3.8, 4) is 0 Å². The van der Waals surface area contributed by atoms with Crippen molar-refractivity contribution < 1.29 is 0 Å². The molecule has 0 unspecified atom stereocenters. The van der Waals surface area contributed by atoms with Gasteiger partial charge in [0.25, 0.3) is 0 Å². The number of H-pyrrole nitrogens is 1. The van der Waals surface area contributed by atoms with Gasteiger partial charge in [0.1, 0.15) is 0 Å². The normalized spacial score (nSPS) is 8.57. The molecule has 1 aromatic rings. The number of aromatic amines is 1. The second-order valence-corrected chi connectivity index (χ2v) is 2.19. The maximum atomic E-state index is 3.93.